The van der Waals surface area contributed by atoms with E-state index < -0.39 is 22.7 Å². The fraction of sp³-hybridized carbons (Fsp3) is 0.458. The highest BCUT2D eigenvalue weighted by atomic mass is 32.1. The zero-order chi connectivity index (χ0) is 24.7. The number of amides is 2. The van der Waals surface area contributed by atoms with Gasteiger partial charge in [-0.15, -0.1) is 11.3 Å². The van der Waals surface area contributed by atoms with Gasteiger partial charge in [-0.2, -0.15) is 18.4 Å². The molecule has 0 aliphatic carbocycles. The van der Waals surface area contributed by atoms with Crippen LogP contribution in [0.2, 0.25) is 0 Å². The zero-order valence-electron chi connectivity index (χ0n) is 18.9. The van der Waals surface area contributed by atoms with Crippen molar-refractivity contribution in [3.63, 3.8) is 0 Å². The molecule has 10 heteroatoms. The molecule has 0 N–H and O–H groups in total. The highest BCUT2D eigenvalue weighted by Gasteiger charge is 2.53. The van der Waals surface area contributed by atoms with Gasteiger partial charge in [-0.25, -0.2) is 0 Å². The number of anilines is 1. The van der Waals surface area contributed by atoms with E-state index in [0.717, 1.165) is 6.07 Å². The van der Waals surface area contributed by atoms with Crippen molar-refractivity contribution < 1.29 is 22.8 Å². The van der Waals surface area contributed by atoms with Crippen LogP contribution in [0.25, 0.3) is 0 Å². The molecule has 34 heavy (non-hydrogen) atoms. The Kier molecular flexibility index (Phi) is 6.34. The summed E-state index contributed by atoms with van der Waals surface area (Å²) < 4.78 is 40.3. The lowest BCUT2D eigenvalue weighted by molar-refractivity contribution is -0.138. The highest BCUT2D eigenvalue weighted by molar-refractivity contribution is 7.12. The lowest BCUT2D eigenvalue weighted by atomic mass is 9.70. The number of alkyl halides is 3. The molecule has 0 bridgehead atoms. The Morgan fingerprint density at radius 2 is 1.91 bits per heavy atom. The monoisotopic (exact) mass is 490 g/mol. The molecule has 1 atom stereocenters. The average Bonchev–Trinajstić information content (AvgIpc) is 3.46. The molecule has 180 valence electrons. The minimum atomic E-state index is -4.62. The molecular formula is C24H25F3N4O2S. The van der Waals surface area contributed by atoms with Gasteiger partial charge in [0.05, 0.1) is 28.0 Å². The van der Waals surface area contributed by atoms with Crippen molar-refractivity contribution in [3.05, 3.63) is 51.7 Å². The van der Waals surface area contributed by atoms with Crippen LogP contribution >= 0.6 is 11.3 Å². The molecule has 1 aromatic heterocycles. The normalized spacial score (nSPS) is 19.8. The van der Waals surface area contributed by atoms with E-state index in [1.807, 2.05) is 16.3 Å². The van der Waals surface area contributed by atoms with E-state index in [0.29, 0.717) is 49.6 Å². The summed E-state index contributed by atoms with van der Waals surface area (Å²) in [6.45, 7) is 1.70. The molecule has 1 spiro atoms. The lowest BCUT2D eigenvalue weighted by Gasteiger charge is -2.43. The van der Waals surface area contributed by atoms with E-state index in [-0.39, 0.29) is 17.7 Å². The van der Waals surface area contributed by atoms with Crippen LogP contribution in [-0.4, -0.2) is 61.9 Å². The van der Waals surface area contributed by atoms with Crippen LogP contribution in [-0.2, 0) is 11.0 Å². The second kappa shape index (κ2) is 8.95. The van der Waals surface area contributed by atoms with Crippen molar-refractivity contribution in [3.8, 4) is 6.07 Å². The van der Waals surface area contributed by atoms with Gasteiger partial charge in [0, 0.05) is 51.4 Å². The molecule has 3 heterocycles. The number of benzene rings is 1. The molecule has 2 fully saturated rings. The van der Waals surface area contributed by atoms with Crippen molar-refractivity contribution >= 4 is 28.8 Å². The van der Waals surface area contributed by atoms with Crippen LogP contribution in [0.4, 0.5) is 18.9 Å². The van der Waals surface area contributed by atoms with Crippen molar-refractivity contribution in [1.82, 2.24) is 9.80 Å². The summed E-state index contributed by atoms with van der Waals surface area (Å²) in [7, 11) is 3.40. The summed E-state index contributed by atoms with van der Waals surface area (Å²) in [4.78, 5) is 31.9. The Morgan fingerprint density at radius 3 is 2.47 bits per heavy atom. The molecule has 6 nitrogen and oxygen atoms in total. The molecule has 0 radical (unpaired) electrons. The van der Waals surface area contributed by atoms with E-state index in [9.17, 15) is 22.8 Å². The fourth-order valence-electron chi connectivity index (χ4n) is 5.11. The van der Waals surface area contributed by atoms with Crippen molar-refractivity contribution in [2.24, 2.45) is 11.3 Å². The summed E-state index contributed by atoms with van der Waals surface area (Å²) >= 11 is 1.36. The maximum atomic E-state index is 13.4. The van der Waals surface area contributed by atoms with Crippen LogP contribution in [0.3, 0.4) is 0 Å². The van der Waals surface area contributed by atoms with Gasteiger partial charge in [0.15, 0.2) is 0 Å². The summed E-state index contributed by atoms with van der Waals surface area (Å²) in [5.41, 5.74) is -1.37. The number of hydrogen-bond acceptors (Lipinski definition) is 5. The van der Waals surface area contributed by atoms with Gasteiger partial charge in [0.25, 0.3) is 5.91 Å². The topological polar surface area (TPSA) is 67.7 Å². The lowest BCUT2D eigenvalue weighted by Crippen LogP contribution is -2.48. The van der Waals surface area contributed by atoms with Gasteiger partial charge >= 0.3 is 6.18 Å². The minimum absolute atomic E-state index is 0.0346. The van der Waals surface area contributed by atoms with E-state index in [4.69, 9.17) is 5.26 Å². The third-order valence-electron chi connectivity index (χ3n) is 6.96. The van der Waals surface area contributed by atoms with E-state index in [1.54, 1.807) is 36.0 Å². The Balaban J connectivity index is 1.57. The van der Waals surface area contributed by atoms with Gasteiger partial charge in [0.2, 0.25) is 5.91 Å². The van der Waals surface area contributed by atoms with E-state index in [1.165, 1.54) is 23.5 Å². The molecule has 1 unspecified atom stereocenters. The zero-order valence-corrected chi connectivity index (χ0v) is 19.7. The summed E-state index contributed by atoms with van der Waals surface area (Å²) in [6.07, 6.45) is -3.46. The molecule has 2 aliphatic heterocycles. The number of nitrogens with zero attached hydrogens (tertiary/aromatic N) is 4. The number of carbonyl (C=O) groups excluding carboxylic acids is 2. The Hall–Kier alpha value is -3.06. The average molecular weight is 491 g/mol. The summed E-state index contributed by atoms with van der Waals surface area (Å²) in [5, 5.41) is 10.9. The third kappa shape index (κ3) is 4.37. The molecule has 2 saturated heterocycles. The SMILES string of the molecule is CN(C)C(=O)C1CN(C(=O)c2cccs2)CC12CCN(c1ccc(C#N)c(C(F)(F)F)c1)CC2. The van der Waals surface area contributed by atoms with Gasteiger partial charge in [0.1, 0.15) is 0 Å². The Morgan fingerprint density at radius 1 is 1.21 bits per heavy atom. The standard InChI is InChI=1S/C24H25F3N4O2S/c1-29(2)21(32)19-14-31(22(33)20-4-3-11-34-20)15-23(19)7-9-30(10-8-23)17-6-5-16(13-28)18(12-17)24(25,26)27/h3-6,11-12,19H,7-10,14-15H2,1-2H3. The Bertz CT molecular complexity index is 1120. The number of thiophene rings is 1. The van der Waals surface area contributed by atoms with Crippen molar-refractivity contribution in [2.45, 2.75) is 19.0 Å². The molecule has 2 amide bonds. The van der Waals surface area contributed by atoms with Crippen LogP contribution in [0.1, 0.15) is 33.6 Å². The fourth-order valence-corrected chi connectivity index (χ4v) is 5.80. The first kappa shape index (κ1) is 24.1. The van der Waals surface area contributed by atoms with Crippen LogP contribution in [0.5, 0.6) is 0 Å². The number of nitriles is 1. The number of halogens is 3. The minimum Gasteiger partial charge on any atom is -0.371 e. The van der Waals surface area contributed by atoms with Crippen molar-refractivity contribution in [2.75, 3.05) is 45.2 Å². The number of carbonyl (C=O) groups is 2. The molecule has 2 aromatic rings. The second-order valence-electron chi connectivity index (χ2n) is 9.14. The van der Waals surface area contributed by atoms with E-state index >= 15 is 0 Å². The second-order valence-corrected chi connectivity index (χ2v) is 10.1. The molecule has 2 aliphatic rings. The molecule has 0 saturated carbocycles. The van der Waals surface area contributed by atoms with E-state index in [2.05, 4.69) is 0 Å². The number of piperidine rings is 1. The quantitative estimate of drug-likeness (QED) is 0.650. The Labute approximate surface area is 200 Å². The summed E-state index contributed by atoms with van der Waals surface area (Å²) in [5.74, 6) is -0.485. The first-order chi connectivity index (χ1) is 16.1. The first-order valence-corrected chi connectivity index (χ1v) is 11.8. The predicted octanol–water partition coefficient (Wildman–Crippen LogP) is 4.09. The summed E-state index contributed by atoms with van der Waals surface area (Å²) in [6, 6.07) is 8.97. The van der Waals surface area contributed by atoms with Crippen molar-refractivity contribution in [1.29, 1.82) is 5.26 Å². The molecule has 1 aromatic carbocycles. The number of likely N-dealkylation sites (tertiary alicyclic amines) is 1. The van der Waals surface area contributed by atoms with Crippen LogP contribution in [0.15, 0.2) is 35.7 Å². The van der Waals surface area contributed by atoms with Gasteiger partial charge in [-0.3, -0.25) is 9.59 Å². The van der Waals surface area contributed by atoms with Crippen LogP contribution in [0, 0.1) is 22.7 Å². The first-order valence-electron chi connectivity index (χ1n) is 11.0. The molecular weight excluding hydrogens is 465 g/mol. The largest absolute Gasteiger partial charge is 0.417 e. The maximum absolute atomic E-state index is 13.4. The highest BCUT2D eigenvalue weighted by Crippen LogP contribution is 2.47. The van der Waals surface area contributed by atoms with Gasteiger partial charge < -0.3 is 14.7 Å². The maximum Gasteiger partial charge on any atom is 0.417 e. The van der Waals surface area contributed by atoms with Gasteiger partial charge in [-0.1, -0.05) is 6.07 Å². The molecule has 4 rings (SSSR count). The number of hydrogen-bond donors (Lipinski definition) is 0. The third-order valence-corrected chi connectivity index (χ3v) is 7.82. The smallest absolute Gasteiger partial charge is 0.371 e. The predicted molar refractivity (Wildman–Crippen MR) is 122 cm³/mol. The number of rotatable bonds is 3. The van der Waals surface area contributed by atoms with Gasteiger partial charge in [-0.05, 0) is 42.5 Å². The van der Waals surface area contributed by atoms with Crippen LogP contribution < -0.4 is 4.90 Å².